The van der Waals surface area contributed by atoms with Crippen LogP contribution in [0.25, 0.3) is 0 Å². The first-order chi connectivity index (χ1) is 5.34. The first-order valence-electron chi connectivity index (χ1n) is 3.07. The van der Waals surface area contributed by atoms with Gasteiger partial charge >= 0.3 is 0 Å². The van der Waals surface area contributed by atoms with Crippen LogP contribution in [0, 0.1) is 0 Å². The minimum atomic E-state index is -0.201. The summed E-state index contributed by atoms with van der Waals surface area (Å²) in [6.45, 7) is 0. The van der Waals surface area contributed by atoms with Crippen LogP contribution in [0.15, 0.2) is 28.0 Å². The number of carbonyl (C=O) groups excluding carboxylic acids is 1. The predicted molar refractivity (Wildman–Crippen MR) is 37.9 cm³/mol. The number of rotatable bonds is 3. The number of hydrogen-bond donors (Lipinski definition) is 1. The van der Waals surface area contributed by atoms with Crippen LogP contribution >= 0.6 is 0 Å². The zero-order chi connectivity index (χ0) is 8.10. The number of oxime groups is 1. The molecule has 0 spiro atoms. The van der Waals surface area contributed by atoms with Crippen LogP contribution in [0.2, 0.25) is 0 Å². The lowest BCUT2D eigenvalue weighted by atomic mass is 10.2. The van der Waals surface area contributed by atoms with E-state index in [4.69, 9.17) is 9.62 Å². The molecule has 0 aliphatic heterocycles. The number of carbonyl (C=O) groups is 1. The highest BCUT2D eigenvalue weighted by Gasteiger charge is 2.05. The molecule has 0 radical (unpaired) electrons. The quantitative estimate of drug-likeness (QED) is 0.308. The van der Waals surface area contributed by atoms with Crippen molar-refractivity contribution in [3.63, 3.8) is 0 Å². The lowest BCUT2D eigenvalue weighted by Gasteiger charge is -1.87. The van der Waals surface area contributed by atoms with Crippen molar-refractivity contribution in [1.82, 2.24) is 0 Å². The van der Waals surface area contributed by atoms with Gasteiger partial charge in [-0.15, -0.1) is 5.16 Å². The van der Waals surface area contributed by atoms with Crippen LogP contribution in [0.3, 0.4) is 0 Å². The number of nitrogens with zero attached hydrogens (tertiary/aromatic N) is 1. The highest BCUT2D eigenvalue weighted by atomic mass is 16.4. The molecule has 4 nitrogen and oxygen atoms in total. The van der Waals surface area contributed by atoms with Crippen molar-refractivity contribution < 1.29 is 14.4 Å². The Morgan fingerprint density at radius 2 is 2.64 bits per heavy atom. The summed E-state index contributed by atoms with van der Waals surface area (Å²) in [4.78, 5) is 11.0. The molecule has 0 aromatic carbocycles. The van der Waals surface area contributed by atoms with Gasteiger partial charge in [-0.2, -0.15) is 0 Å². The molecule has 0 unspecified atom stereocenters. The van der Waals surface area contributed by atoms with Crippen LogP contribution < -0.4 is 0 Å². The van der Waals surface area contributed by atoms with Crippen molar-refractivity contribution >= 4 is 12.0 Å². The smallest absolute Gasteiger partial charge is 0.203 e. The van der Waals surface area contributed by atoms with Crippen LogP contribution in [-0.2, 0) is 0 Å². The highest BCUT2D eigenvalue weighted by molar-refractivity contribution is 6.01. The molecule has 0 amide bonds. The van der Waals surface area contributed by atoms with Gasteiger partial charge < -0.3 is 9.62 Å². The maximum absolute atomic E-state index is 11.0. The lowest BCUT2D eigenvalue weighted by Crippen LogP contribution is -1.96. The zero-order valence-corrected chi connectivity index (χ0v) is 5.73. The van der Waals surface area contributed by atoms with E-state index in [1.54, 1.807) is 12.1 Å². The highest BCUT2D eigenvalue weighted by Crippen LogP contribution is 2.02. The lowest BCUT2D eigenvalue weighted by molar-refractivity contribution is 0.0974. The summed E-state index contributed by atoms with van der Waals surface area (Å²) >= 11 is 0. The SMILES string of the molecule is O=C(CC=NO)c1ccco1. The largest absolute Gasteiger partial charge is 0.461 e. The molecular weight excluding hydrogens is 146 g/mol. The Hall–Kier alpha value is -1.58. The van der Waals surface area contributed by atoms with Gasteiger partial charge in [-0.3, -0.25) is 4.79 Å². The van der Waals surface area contributed by atoms with E-state index < -0.39 is 0 Å². The molecule has 0 fully saturated rings. The van der Waals surface area contributed by atoms with Gasteiger partial charge in [0.15, 0.2) is 5.76 Å². The van der Waals surface area contributed by atoms with Gasteiger partial charge in [0, 0.05) is 0 Å². The molecule has 0 aliphatic carbocycles. The molecule has 1 rings (SSSR count). The van der Waals surface area contributed by atoms with E-state index in [0.29, 0.717) is 0 Å². The molecule has 0 saturated carbocycles. The van der Waals surface area contributed by atoms with Gasteiger partial charge in [0.1, 0.15) is 0 Å². The van der Waals surface area contributed by atoms with Gasteiger partial charge in [0.2, 0.25) is 5.78 Å². The third-order valence-corrected chi connectivity index (χ3v) is 1.15. The fourth-order valence-electron chi connectivity index (χ4n) is 0.662. The van der Waals surface area contributed by atoms with E-state index in [-0.39, 0.29) is 18.0 Å². The second-order valence-electron chi connectivity index (χ2n) is 1.90. The van der Waals surface area contributed by atoms with Crippen LogP contribution in [0.1, 0.15) is 17.0 Å². The van der Waals surface area contributed by atoms with Crippen molar-refractivity contribution in [2.24, 2.45) is 5.16 Å². The van der Waals surface area contributed by atoms with E-state index in [1.165, 1.54) is 6.26 Å². The Kier molecular flexibility index (Phi) is 2.43. The summed E-state index contributed by atoms with van der Waals surface area (Å²) in [6, 6.07) is 3.19. The fraction of sp³-hybridized carbons (Fsp3) is 0.143. The third kappa shape index (κ3) is 1.93. The average Bonchev–Trinajstić information content (AvgIpc) is 2.52. The summed E-state index contributed by atoms with van der Waals surface area (Å²) in [6.07, 6.45) is 2.60. The molecule has 58 valence electrons. The standard InChI is InChI=1S/C7H7NO3/c9-6(3-4-8-10)7-2-1-5-11-7/h1-2,4-5,10H,3H2. The molecule has 0 bridgehead atoms. The van der Waals surface area contributed by atoms with Crippen molar-refractivity contribution in [3.05, 3.63) is 24.2 Å². The molecular formula is C7H7NO3. The molecule has 0 aliphatic rings. The van der Waals surface area contributed by atoms with E-state index in [9.17, 15) is 4.79 Å². The minimum absolute atomic E-state index is 0.0595. The number of furan rings is 1. The van der Waals surface area contributed by atoms with Crippen molar-refractivity contribution in [1.29, 1.82) is 0 Å². The molecule has 4 heteroatoms. The van der Waals surface area contributed by atoms with Crippen LogP contribution in [-0.4, -0.2) is 17.2 Å². The molecule has 1 heterocycles. The Labute approximate surface area is 63.1 Å². The van der Waals surface area contributed by atoms with Gasteiger partial charge in [-0.25, -0.2) is 0 Å². The summed E-state index contributed by atoms with van der Waals surface area (Å²) in [5, 5.41) is 10.7. The molecule has 0 saturated heterocycles. The maximum Gasteiger partial charge on any atom is 0.203 e. The maximum atomic E-state index is 11.0. The molecule has 0 atom stereocenters. The predicted octanol–water partition coefficient (Wildman–Crippen LogP) is 1.31. The Balaban J connectivity index is 2.56. The zero-order valence-electron chi connectivity index (χ0n) is 5.73. The Morgan fingerprint density at radius 1 is 1.82 bits per heavy atom. The summed E-state index contributed by atoms with van der Waals surface area (Å²) in [5.74, 6) is 0.0812. The van der Waals surface area contributed by atoms with Crippen LogP contribution in [0.5, 0.6) is 0 Å². The number of Topliss-reactive ketones (excluding diaryl/α,β-unsaturated/α-hetero) is 1. The summed E-state index contributed by atoms with van der Waals surface area (Å²) in [7, 11) is 0. The van der Waals surface area contributed by atoms with E-state index in [1.807, 2.05) is 0 Å². The van der Waals surface area contributed by atoms with Gasteiger partial charge in [0.05, 0.1) is 18.9 Å². The topological polar surface area (TPSA) is 62.8 Å². The first kappa shape index (κ1) is 7.53. The van der Waals surface area contributed by atoms with Crippen molar-refractivity contribution in [3.8, 4) is 0 Å². The number of ketones is 1. The number of hydrogen-bond acceptors (Lipinski definition) is 4. The molecule has 11 heavy (non-hydrogen) atoms. The minimum Gasteiger partial charge on any atom is -0.461 e. The normalized spacial score (nSPS) is 10.5. The fourth-order valence-corrected chi connectivity index (χ4v) is 0.662. The van der Waals surface area contributed by atoms with Crippen LogP contribution in [0.4, 0.5) is 0 Å². The van der Waals surface area contributed by atoms with Gasteiger partial charge in [-0.05, 0) is 12.1 Å². The molecule has 1 aromatic rings. The average molecular weight is 153 g/mol. The Bertz CT molecular complexity index is 251. The Morgan fingerprint density at radius 3 is 3.18 bits per heavy atom. The van der Waals surface area contributed by atoms with E-state index in [0.717, 1.165) is 6.21 Å². The summed E-state index contributed by atoms with van der Waals surface area (Å²) < 4.78 is 4.80. The van der Waals surface area contributed by atoms with Gasteiger partial charge in [-0.1, -0.05) is 0 Å². The monoisotopic (exact) mass is 153 g/mol. The van der Waals surface area contributed by atoms with Crippen molar-refractivity contribution in [2.75, 3.05) is 0 Å². The molecule has 1 N–H and O–H groups in total. The molecule has 1 aromatic heterocycles. The van der Waals surface area contributed by atoms with E-state index >= 15 is 0 Å². The third-order valence-electron chi connectivity index (χ3n) is 1.15. The van der Waals surface area contributed by atoms with E-state index in [2.05, 4.69) is 5.16 Å². The van der Waals surface area contributed by atoms with Crippen molar-refractivity contribution in [2.45, 2.75) is 6.42 Å². The van der Waals surface area contributed by atoms with Gasteiger partial charge in [0.25, 0.3) is 0 Å². The second kappa shape index (κ2) is 3.55. The second-order valence-corrected chi connectivity index (χ2v) is 1.90. The summed E-state index contributed by atoms with van der Waals surface area (Å²) in [5.41, 5.74) is 0. The first-order valence-corrected chi connectivity index (χ1v) is 3.07.